The zero-order chi connectivity index (χ0) is 21.3. The molecule has 1 aliphatic rings. The second-order valence-electron chi connectivity index (χ2n) is 8.16. The van der Waals surface area contributed by atoms with Gasteiger partial charge in [-0.25, -0.2) is 9.36 Å². The SMILES string of the molecule is CC[C@H](C(=O)NC1CCCCC1)n1nc(C)c2c(C)n(-c3ccccc3)nc2c1=O. The summed E-state index contributed by atoms with van der Waals surface area (Å²) in [6.07, 6.45) is 6.01. The maximum atomic E-state index is 13.3. The van der Waals surface area contributed by atoms with E-state index in [2.05, 4.69) is 15.5 Å². The van der Waals surface area contributed by atoms with Crippen LogP contribution < -0.4 is 10.9 Å². The molecular weight excluding hydrogens is 378 g/mol. The first-order chi connectivity index (χ1) is 14.5. The van der Waals surface area contributed by atoms with Gasteiger partial charge in [0.1, 0.15) is 6.04 Å². The second kappa shape index (κ2) is 8.42. The molecule has 7 heteroatoms. The highest BCUT2D eigenvalue weighted by Gasteiger charge is 2.27. The summed E-state index contributed by atoms with van der Waals surface area (Å²) in [5, 5.41) is 13.0. The molecule has 0 radical (unpaired) electrons. The molecule has 2 heterocycles. The molecule has 1 atom stereocenters. The first-order valence-corrected chi connectivity index (χ1v) is 10.9. The number of amides is 1. The van der Waals surface area contributed by atoms with Crippen LogP contribution in [0.15, 0.2) is 35.1 Å². The van der Waals surface area contributed by atoms with E-state index in [-0.39, 0.29) is 17.5 Å². The van der Waals surface area contributed by atoms with Gasteiger partial charge in [0, 0.05) is 6.04 Å². The highest BCUT2D eigenvalue weighted by molar-refractivity contribution is 5.84. The monoisotopic (exact) mass is 407 g/mol. The number of para-hydroxylation sites is 1. The van der Waals surface area contributed by atoms with Gasteiger partial charge in [0.05, 0.1) is 22.5 Å². The fourth-order valence-corrected chi connectivity index (χ4v) is 4.50. The Kier molecular flexibility index (Phi) is 5.70. The number of carbonyl (C=O) groups excluding carboxylic acids is 1. The minimum Gasteiger partial charge on any atom is -0.352 e. The van der Waals surface area contributed by atoms with Crippen molar-refractivity contribution in [3.63, 3.8) is 0 Å². The van der Waals surface area contributed by atoms with Crippen molar-refractivity contribution in [1.29, 1.82) is 0 Å². The van der Waals surface area contributed by atoms with E-state index >= 15 is 0 Å². The van der Waals surface area contributed by atoms with Gasteiger partial charge in [0.15, 0.2) is 5.52 Å². The summed E-state index contributed by atoms with van der Waals surface area (Å²) in [5.41, 5.74) is 2.49. The molecule has 0 saturated heterocycles. The number of hydrogen-bond acceptors (Lipinski definition) is 4. The largest absolute Gasteiger partial charge is 0.352 e. The van der Waals surface area contributed by atoms with Crippen LogP contribution in [0.4, 0.5) is 0 Å². The van der Waals surface area contributed by atoms with Gasteiger partial charge >= 0.3 is 0 Å². The highest BCUT2D eigenvalue weighted by Crippen LogP contribution is 2.23. The smallest absolute Gasteiger partial charge is 0.295 e. The van der Waals surface area contributed by atoms with Gasteiger partial charge in [-0.15, -0.1) is 0 Å². The summed E-state index contributed by atoms with van der Waals surface area (Å²) in [6.45, 7) is 5.72. The number of fused-ring (bicyclic) bond motifs is 1. The average Bonchev–Trinajstić information content (AvgIpc) is 3.11. The molecule has 1 saturated carbocycles. The number of nitrogens with zero attached hydrogens (tertiary/aromatic N) is 4. The Labute approximate surface area is 176 Å². The molecule has 0 unspecified atom stereocenters. The molecule has 1 fully saturated rings. The lowest BCUT2D eigenvalue weighted by Crippen LogP contribution is -2.43. The van der Waals surface area contributed by atoms with E-state index < -0.39 is 6.04 Å². The summed E-state index contributed by atoms with van der Waals surface area (Å²) >= 11 is 0. The predicted molar refractivity (Wildman–Crippen MR) is 117 cm³/mol. The molecule has 1 aliphatic carbocycles. The first kappa shape index (κ1) is 20.3. The third kappa shape index (κ3) is 3.64. The average molecular weight is 408 g/mol. The van der Waals surface area contributed by atoms with Crippen molar-refractivity contribution in [3.8, 4) is 5.69 Å². The van der Waals surface area contributed by atoms with Crippen LogP contribution in [0.5, 0.6) is 0 Å². The zero-order valence-electron chi connectivity index (χ0n) is 17.9. The zero-order valence-corrected chi connectivity index (χ0v) is 17.9. The number of nitrogens with one attached hydrogen (secondary N) is 1. The number of aromatic nitrogens is 4. The fraction of sp³-hybridized carbons (Fsp3) is 0.478. The normalized spacial score (nSPS) is 16.0. The van der Waals surface area contributed by atoms with Crippen molar-refractivity contribution in [2.75, 3.05) is 0 Å². The van der Waals surface area contributed by atoms with E-state index in [1.54, 1.807) is 4.68 Å². The Morgan fingerprint density at radius 3 is 2.50 bits per heavy atom. The maximum absolute atomic E-state index is 13.3. The Hall–Kier alpha value is -2.96. The Morgan fingerprint density at radius 2 is 1.83 bits per heavy atom. The van der Waals surface area contributed by atoms with E-state index in [0.29, 0.717) is 17.6 Å². The summed E-state index contributed by atoms with van der Waals surface area (Å²) in [5.74, 6) is -0.128. The third-order valence-corrected chi connectivity index (χ3v) is 6.08. The number of hydrogen-bond donors (Lipinski definition) is 1. The third-order valence-electron chi connectivity index (χ3n) is 6.08. The standard InChI is InChI=1S/C23H29N5O2/c1-4-19(22(29)24-17-11-7-5-8-12-17)28-23(30)21-20(15(2)25-28)16(3)27(26-21)18-13-9-6-10-14-18/h6,9-10,13-14,17,19H,4-5,7-8,11-12H2,1-3H3,(H,24,29)/t19-/m1/s1. The minimum atomic E-state index is -0.635. The van der Waals surface area contributed by atoms with Crippen LogP contribution in [0, 0.1) is 13.8 Å². The van der Waals surface area contributed by atoms with Crippen molar-refractivity contribution in [2.24, 2.45) is 0 Å². The van der Waals surface area contributed by atoms with E-state index in [9.17, 15) is 9.59 Å². The molecule has 7 nitrogen and oxygen atoms in total. The molecule has 0 spiro atoms. The quantitative estimate of drug-likeness (QED) is 0.701. The summed E-state index contributed by atoms with van der Waals surface area (Å²) in [4.78, 5) is 26.3. The van der Waals surface area contributed by atoms with Crippen molar-refractivity contribution in [3.05, 3.63) is 52.1 Å². The fourth-order valence-electron chi connectivity index (χ4n) is 4.50. The van der Waals surface area contributed by atoms with Gasteiger partial charge in [-0.1, -0.05) is 44.4 Å². The van der Waals surface area contributed by atoms with E-state index in [0.717, 1.165) is 42.5 Å². The Morgan fingerprint density at radius 1 is 1.13 bits per heavy atom. The van der Waals surface area contributed by atoms with Crippen molar-refractivity contribution >= 4 is 16.8 Å². The van der Waals surface area contributed by atoms with Crippen molar-refractivity contribution in [2.45, 2.75) is 71.4 Å². The predicted octanol–water partition coefficient (Wildman–Crippen LogP) is 3.60. The van der Waals surface area contributed by atoms with Gasteiger partial charge < -0.3 is 5.32 Å². The van der Waals surface area contributed by atoms with Crippen LogP contribution in [-0.4, -0.2) is 31.5 Å². The van der Waals surface area contributed by atoms with Crippen LogP contribution in [0.2, 0.25) is 0 Å². The van der Waals surface area contributed by atoms with Gasteiger partial charge in [-0.2, -0.15) is 10.2 Å². The number of benzene rings is 1. The topological polar surface area (TPSA) is 81.8 Å². The lowest BCUT2D eigenvalue weighted by Gasteiger charge is -2.25. The highest BCUT2D eigenvalue weighted by atomic mass is 16.2. The molecule has 0 aliphatic heterocycles. The van der Waals surface area contributed by atoms with Gasteiger partial charge in [-0.3, -0.25) is 9.59 Å². The molecular formula is C23H29N5O2. The Bertz CT molecular complexity index is 1110. The molecule has 4 rings (SSSR count). The van der Waals surface area contributed by atoms with E-state index in [1.807, 2.05) is 51.1 Å². The number of rotatable bonds is 5. The van der Waals surface area contributed by atoms with E-state index in [1.165, 1.54) is 11.1 Å². The summed E-state index contributed by atoms with van der Waals surface area (Å²) < 4.78 is 3.10. The Balaban J connectivity index is 1.74. The van der Waals surface area contributed by atoms with Crippen LogP contribution in [-0.2, 0) is 4.79 Å². The minimum absolute atomic E-state index is 0.128. The van der Waals surface area contributed by atoms with Crippen LogP contribution in [0.25, 0.3) is 16.6 Å². The van der Waals surface area contributed by atoms with Gasteiger partial charge in [-0.05, 0) is 45.2 Å². The van der Waals surface area contributed by atoms with Gasteiger partial charge in [0.2, 0.25) is 5.91 Å². The molecule has 30 heavy (non-hydrogen) atoms. The van der Waals surface area contributed by atoms with Crippen LogP contribution in [0.1, 0.15) is 62.9 Å². The number of carbonyl (C=O) groups is 1. The molecule has 1 amide bonds. The van der Waals surface area contributed by atoms with Crippen molar-refractivity contribution in [1.82, 2.24) is 24.9 Å². The van der Waals surface area contributed by atoms with Crippen LogP contribution in [0.3, 0.4) is 0 Å². The van der Waals surface area contributed by atoms with Crippen LogP contribution >= 0.6 is 0 Å². The molecule has 0 bridgehead atoms. The number of aryl methyl sites for hydroxylation is 2. The molecule has 3 aromatic rings. The summed E-state index contributed by atoms with van der Waals surface area (Å²) in [6, 6.07) is 9.28. The second-order valence-corrected chi connectivity index (χ2v) is 8.16. The lowest BCUT2D eigenvalue weighted by atomic mass is 9.95. The lowest BCUT2D eigenvalue weighted by molar-refractivity contribution is -0.125. The van der Waals surface area contributed by atoms with Gasteiger partial charge in [0.25, 0.3) is 5.56 Å². The molecule has 1 N–H and O–H groups in total. The summed E-state index contributed by atoms with van der Waals surface area (Å²) in [7, 11) is 0. The molecule has 158 valence electrons. The molecule has 2 aromatic heterocycles. The molecule has 1 aromatic carbocycles. The van der Waals surface area contributed by atoms with Crippen molar-refractivity contribution < 1.29 is 4.79 Å². The first-order valence-electron chi connectivity index (χ1n) is 10.9. The maximum Gasteiger partial charge on any atom is 0.295 e. The van der Waals surface area contributed by atoms with E-state index in [4.69, 9.17) is 0 Å².